The average molecular weight is 390 g/mol. The topological polar surface area (TPSA) is 78.1 Å². The smallest absolute Gasteiger partial charge is 0.255 e. The second-order valence-corrected chi connectivity index (χ2v) is 7.78. The maximum atomic E-state index is 13.1. The average Bonchev–Trinajstić information content (AvgIpc) is 3.32. The number of imidazole rings is 1. The molecule has 6 nitrogen and oxygen atoms in total. The van der Waals surface area contributed by atoms with Crippen LogP contribution in [0, 0.1) is 5.92 Å². The number of fused-ring (bicyclic) bond motifs is 2. The predicted molar refractivity (Wildman–Crippen MR) is 112 cm³/mol. The maximum absolute atomic E-state index is 13.1. The van der Waals surface area contributed by atoms with E-state index >= 15 is 0 Å². The highest BCUT2D eigenvalue weighted by Gasteiger charge is 2.35. The Kier molecular flexibility index (Phi) is 5.09. The molecule has 6 heteroatoms. The molecule has 1 aliphatic rings. The van der Waals surface area contributed by atoms with Crippen LogP contribution in [0.25, 0.3) is 11.0 Å². The fraction of sp³-hybridized carbons (Fsp3) is 0.348. The van der Waals surface area contributed by atoms with Gasteiger partial charge >= 0.3 is 0 Å². The largest absolute Gasteiger partial charge is 0.344 e. The molecule has 3 aromatic rings. The molecule has 0 fully saturated rings. The molecule has 3 atom stereocenters. The van der Waals surface area contributed by atoms with Crippen LogP contribution < -0.4 is 5.32 Å². The van der Waals surface area contributed by atoms with E-state index in [0.29, 0.717) is 12.1 Å². The summed E-state index contributed by atoms with van der Waals surface area (Å²) < 4.78 is 0. The highest BCUT2D eigenvalue weighted by Crippen LogP contribution is 2.27. The fourth-order valence-corrected chi connectivity index (χ4v) is 3.84. The molecule has 29 heavy (non-hydrogen) atoms. The van der Waals surface area contributed by atoms with E-state index in [2.05, 4.69) is 29.1 Å². The lowest BCUT2D eigenvalue weighted by atomic mass is 9.98. The summed E-state index contributed by atoms with van der Waals surface area (Å²) in [4.78, 5) is 35.5. The molecule has 0 spiro atoms. The minimum absolute atomic E-state index is 0.0907. The van der Waals surface area contributed by atoms with Crippen molar-refractivity contribution in [2.75, 3.05) is 0 Å². The number of aromatic amines is 1. The minimum atomic E-state index is -0.564. The monoisotopic (exact) mass is 390 g/mol. The summed E-state index contributed by atoms with van der Waals surface area (Å²) in [6, 6.07) is 14.5. The molecule has 2 aromatic carbocycles. The zero-order valence-electron chi connectivity index (χ0n) is 17.0. The molecular weight excluding hydrogens is 364 g/mol. The Balaban J connectivity index is 1.55. The summed E-state index contributed by atoms with van der Waals surface area (Å²) in [5.41, 5.74) is 3.47. The normalized spacial score (nSPS) is 16.5. The lowest BCUT2D eigenvalue weighted by Crippen LogP contribution is -2.47. The molecule has 2 heterocycles. The Morgan fingerprint density at radius 2 is 1.90 bits per heavy atom. The SMILES string of the molecule is CCC(C)C(NC(=O)C(C)N1Cc2ccccc2C1=O)c1nc2ccccc2[nH]1. The molecule has 150 valence electrons. The third-order valence-electron chi connectivity index (χ3n) is 5.91. The molecule has 0 saturated carbocycles. The number of nitrogens with one attached hydrogen (secondary N) is 2. The predicted octanol–water partition coefficient (Wildman–Crippen LogP) is 3.81. The molecule has 2 amide bonds. The first-order valence-electron chi connectivity index (χ1n) is 10.1. The number of hydrogen-bond donors (Lipinski definition) is 2. The van der Waals surface area contributed by atoms with Gasteiger partial charge in [-0.25, -0.2) is 4.98 Å². The molecule has 0 saturated heterocycles. The summed E-state index contributed by atoms with van der Waals surface area (Å²) >= 11 is 0. The second-order valence-electron chi connectivity index (χ2n) is 7.78. The summed E-state index contributed by atoms with van der Waals surface area (Å²) in [6.45, 7) is 6.43. The Morgan fingerprint density at radius 1 is 1.17 bits per heavy atom. The molecule has 0 aliphatic carbocycles. The van der Waals surface area contributed by atoms with Crippen molar-refractivity contribution in [2.45, 2.75) is 45.8 Å². The quantitative estimate of drug-likeness (QED) is 0.672. The maximum Gasteiger partial charge on any atom is 0.255 e. The Morgan fingerprint density at radius 3 is 2.62 bits per heavy atom. The van der Waals surface area contributed by atoms with Crippen LogP contribution in [0.1, 0.15) is 55.0 Å². The number of para-hydroxylation sites is 2. The van der Waals surface area contributed by atoms with Crippen LogP contribution in [0.3, 0.4) is 0 Å². The highest BCUT2D eigenvalue weighted by atomic mass is 16.2. The van der Waals surface area contributed by atoms with Gasteiger partial charge in [0, 0.05) is 12.1 Å². The van der Waals surface area contributed by atoms with Crippen LogP contribution in [0.5, 0.6) is 0 Å². The standard InChI is InChI=1S/C23H26N4O2/c1-4-14(2)20(21-24-18-11-7-8-12-19(18)25-21)26-22(28)15(3)27-13-16-9-5-6-10-17(16)23(27)29/h5-12,14-15,20H,4,13H2,1-3H3,(H,24,25)(H,26,28). The Labute approximate surface area is 170 Å². The first-order chi connectivity index (χ1) is 14.0. The number of amides is 2. The van der Waals surface area contributed by atoms with Gasteiger partial charge in [0.1, 0.15) is 11.9 Å². The van der Waals surface area contributed by atoms with Gasteiger partial charge in [0.05, 0.1) is 17.1 Å². The number of rotatable bonds is 6. The van der Waals surface area contributed by atoms with E-state index in [9.17, 15) is 9.59 Å². The first-order valence-corrected chi connectivity index (χ1v) is 10.1. The van der Waals surface area contributed by atoms with E-state index in [1.54, 1.807) is 11.8 Å². The van der Waals surface area contributed by atoms with Crippen LogP contribution in [-0.4, -0.2) is 32.7 Å². The number of hydrogen-bond acceptors (Lipinski definition) is 3. The van der Waals surface area contributed by atoms with Crippen molar-refractivity contribution in [3.8, 4) is 0 Å². The molecular formula is C23H26N4O2. The number of nitrogens with zero attached hydrogens (tertiary/aromatic N) is 2. The van der Waals surface area contributed by atoms with Crippen LogP contribution in [0.2, 0.25) is 0 Å². The van der Waals surface area contributed by atoms with Crippen molar-refractivity contribution in [3.05, 3.63) is 65.5 Å². The fourth-order valence-electron chi connectivity index (χ4n) is 3.84. The van der Waals surface area contributed by atoms with Gasteiger partial charge in [-0.05, 0) is 36.6 Å². The van der Waals surface area contributed by atoms with Crippen LogP contribution >= 0.6 is 0 Å². The van der Waals surface area contributed by atoms with E-state index in [4.69, 9.17) is 0 Å². The second kappa shape index (κ2) is 7.70. The summed E-state index contributed by atoms with van der Waals surface area (Å²) in [5.74, 6) is 0.680. The molecule has 1 aliphatic heterocycles. The van der Waals surface area contributed by atoms with Crippen molar-refractivity contribution < 1.29 is 9.59 Å². The molecule has 4 rings (SSSR count). The molecule has 0 radical (unpaired) electrons. The molecule has 0 bridgehead atoms. The Hall–Kier alpha value is -3.15. The number of H-pyrrole nitrogens is 1. The zero-order chi connectivity index (χ0) is 20.5. The number of benzene rings is 2. The van der Waals surface area contributed by atoms with E-state index in [-0.39, 0.29) is 23.8 Å². The van der Waals surface area contributed by atoms with Crippen molar-refractivity contribution in [1.29, 1.82) is 0 Å². The van der Waals surface area contributed by atoms with Gasteiger partial charge in [-0.2, -0.15) is 0 Å². The number of aromatic nitrogens is 2. The zero-order valence-corrected chi connectivity index (χ0v) is 17.0. The van der Waals surface area contributed by atoms with Crippen molar-refractivity contribution >= 4 is 22.8 Å². The van der Waals surface area contributed by atoms with E-state index in [1.807, 2.05) is 48.5 Å². The Bertz CT molecular complexity index is 1020. The summed E-state index contributed by atoms with van der Waals surface area (Å²) in [5, 5.41) is 3.14. The third kappa shape index (κ3) is 3.50. The van der Waals surface area contributed by atoms with E-state index < -0.39 is 6.04 Å². The molecule has 2 N–H and O–H groups in total. The van der Waals surface area contributed by atoms with Gasteiger partial charge in [0.2, 0.25) is 5.91 Å². The highest BCUT2D eigenvalue weighted by molar-refractivity contribution is 6.01. The van der Waals surface area contributed by atoms with Gasteiger partial charge in [-0.15, -0.1) is 0 Å². The summed E-state index contributed by atoms with van der Waals surface area (Å²) in [7, 11) is 0. The van der Waals surface area contributed by atoms with Crippen molar-refractivity contribution in [1.82, 2.24) is 20.2 Å². The van der Waals surface area contributed by atoms with Gasteiger partial charge in [-0.1, -0.05) is 50.6 Å². The van der Waals surface area contributed by atoms with Crippen LogP contribution in [0.15, 0.2) is 48.5 Å². The van der Waals surface area contributed by atoms with Gasteiger partial charge < -0.3 is 15.2 Å². The first kappa shape index (κ1) is 19.2. The number of carbonyl (C=O) groups excluding carboxylic acids is 2. The molecule has 3 unspecified atom stereocenters. The van der Waals surface area contributed by atoms with Gasteiger partial charge in [-0.3, -0.25) is 9.59 Å². The lowest BCUT2D eigenvalue weighted by Gasteiger charge is -2.28. The number of carbonyl (C=O) groups is 2. The van der Waals surface area contributed by atoms with Crippen molar-refractivity contribution in [3.63, 3.8) is 0 Å². The lowest BCUT2D eigenvalue weighted by molar-refractivity contribution is -0.126. The van der Waals surface area contributed by atoms with Crippen molar-refractivity contribution in [2.24, 2.45) is 5.92 Å². The molecule has 1 aromatic heterocycles. The summed E-state index contributed by atoms with van der Waals surface area (Å²) in [6.07, 6.45) is 0.893. The van der Waals surface area contributed by atoms with Crippen LogP contribution in [0.4, 0.5) is 0 Å². The van der Waals surface area contributed by atoms with E-state index in [0.717, 1.165) is 28.8 Å². The van der Waals surface area contributed by atoms with E-state index in [1.165, 1.54) is 0 Å². The third-order valence-corrected chi connectivity index (χ3v) is 5.91. The van der Waals surface area contributed by atoms with Crippen LogP contribution in [-0.2, 0) is 11.3 Å². The minimum Gasteiger partial charge on any atom is -0.344 e. The van der Waals surface area contributed by atoms with Gasteiger partial charge in [0.15, 0.2) is 0 Å². The van der Waals surface area contributed by atoms with Gasteiger partial charge in [0.25, 0.3) is 5.91 Å².